The fraction of sp³-hybridized carbons (Fsp3) is 0.545. The van der Waals surface area contributed by atoms with Gasteiger partial charge in [0.25, 0.3) is 0 Å². The maximum Gasteiger partial charge on any atom is 0.204 e. The summed E-state index contributed by atoms with van der Waals surface area (Å²) in [6, 6.07) is 1.49. The molecule has 1 aromatic heterocycles. The summed E-state index contributed by atoms with van der Waals surface area (Å²) in [4.78, 5) is 13.4. The van der Waals surface area contributed by atoms with Gasteiger partial charge in [-0.15, -0.1) is 0 Å². The molecule has 1 atom stereocenters. The van der Waals surface area contributed by atoms with Crippen LogP contribution < -0.4 is 11.2 Å². The zero-order chi connectivity index (χ0) is 11.5. The van der Waals surface area contributed by atoms with Crippen molar-refractivity contribution in [3.63, 3.8) is 0 Å². The number of ether oxygens (including phenoxy) is 1. The van der Waals surface area contributed by atoms with Crippen LogP contribution in [0.5, 0.6) is 0 Å². The van der Waals surface area contributed by atoms with E-state index in [0.29, 0.717) is 0 Å². The van der Waals surface area contributed by atoms with E-state index in [0.717, 1.165) is 26.2 Å². The lowest BCUT2D eigenvalue weighted by molar-refractivity contribution is -0.0275. The van der Waals surface area contributed by atoms with Gasteiger partial charge in [-0.05, 0) is 7.05 Å². The molecule has 0 aliphatic carbocycles. The number of hydrogen-bond acceptors (Lipinski definition) is 4. The van der Waals surface area contributed by atoms with E-state index in [9.17, 15) is 4.79 Å². The second-order valence-electron chi connectivity index (χ2n) is 4.22. The van der Waals surface area contributed by atoms with Gasteiger partial charge < -0.3 is 19.9 Å². The monoisotopic (exact) mass is 223 g/mol. The van der Waals surface area contributed by atoms with Crippen molar-refractivity contribution in [2.45, 2.75) is 12.6 Å². The Morgan fingerprint density at radius 2 is 2.44 bits per heavy atom. The first-order valence-corrected chi connectivity index (χ1v) is 5.41. The molecule has 0 amide bonds. The van der Waals surface area contributed by atoms with Crippen LogP contribution in [0.3, 0.4) is 0 Å². The van der Waals surface area contributed by atoms with Gasteiger partial charge in [-0.25, -0.2) is 0 Å². The van der Waals surface area contributed by atoms with Gasteiger partial charge in [0.15, 0.2) is 0 Å². The van der Waals surface area contributed by atoms with Crippen LogP contribution in [0.1, 0.15) is 0 Å². The molecule has 2 N–H and O–H groups in total. The summed E-state index contributed by atoms with van der Waals surface area (Å²) in [5, 5.41) is 0. The fourth-order valence-corrected chi connectivity index (χ4v) is 1.87. The van der Waals surface area contributed by atoms with Crippen molar-refractivity contribution < 1.29 is 4.74 Å². The molecule has 88 valence electrons. The average molecular weight is 223 g/mol. The molecule has 0 radical (unpaired) electrons. The number of nitrogens with zero attached hydrogens (tertiary/aromatic N) is 2. The molecule has 1 aliphatic heterocycles. The molecule has 2 heterocycles. The van der Waals surface area contributed by atoms with E-state index in [1.54, 1.807) is 12.4 Å². The van der Waals surface area contributed by atoms with E-state index < -0.39 is 0 Å². The Morgan fingerprint density at radius 1 is 1.62 bits per heavy atom. The minimum atomic E-state index is -0.127. The maximum atomic E-state index is 11.1. The van der Waals surface area contributed by atoms with Crippen molar-refractivity contribution in [1.29, 1.82) is 0 Å². The Labute approximate surface area is 94.4 Å². The smallest absolute Gasteiger partial charge is 0.204 e. The van der Waals surface area contributed by atoms with Gasteiger partial charge in [0.2, 0.25) is 5.43 Å². The Morgan fingerprint density at radius 3 is 3.12 bits per heavy atom. The number of pyridine rings is 1. The zero-order valence-corrected chi connectivity index (χ0v) is 9.43. The summed E-state index contributed by atoms with van der Waals surface area (Å²) in [5.74, 6) is 0. The third-order valence-corrected chi connectivity index (χ3v) is 2.76. The van der Waals surface area contributed by atoms with Crippen molar-refractivity contribution >= 4 is 5.69 Å². The average Bonchev–Trinajstić information content (AvgIpc) is 2.24. The quantitative estimate of drug-likeness (QED) is 0.752. The van der Waals surface area contributed by atoms with E-state index in [1.807, 2.05) is 4.57 Å². The topological polar surface area (TPSA) is 60.5 Å². The number of nitrogens with two attached hydrogens (primary N) is 1. The van der Waals surface area contributed by atoms with Gasteiger partial charge in [0, 0.05) is 38.1 Å². The Balaban J connectivity index is 2.03. The minimum absolute atomic E-state index is 0.127. The summed E-state index contributed by atoms with van der Waals surface area (Å²) < 4.78 is 7.54. The van der Waals surface area contributed by atoms with Gasteiger partial charge in [-0.3, -0.25) is 4.79 Å². The van der Waals surface area contributed by atoms with Crippen LogP contribution in [0.4, 0.5) is 5.69 Å². The molecule has 16 heavy (non-hydrogen) atoms. The lowest BCUT2D eigenvalue weighted by Gasteiger charge is -2.30. The number of rotatable bonds is 2. The fourth-order valence-electron chi connectivity index (χ4n) is 1.87. The normalized spacial score (nSPS) is 22.2. The van der Waals surface area contributed by atoms with E-state index in [1.165, 1.54) is 6.07 Å². The summed E-state index contributed by atoms with van der Waals surface area (Å²) in [6.45, 7) is 3.38. The highest BCUT2D eigenvalue weighted by molar-refractivity contribution is 5.33. The molecule has 1 aromatic rings. The molecule has 1 fully saturated rings. The predicted molar refractivity (Wildman–Crippen MR) is 62.4 cm³/mol. The van der Waals surface area contributed by atoms with Crippen LogP contribution in [0.2, 0.25) is 0 Å². The van der Waals surface area contributed by atoms with E-state index >= 15 is 0 Å². The van der Waals surface area contributed by atoms with E-state index in [2.05, 4.69) is 11.9 Å². The first-order chi connectivity index (χ1) is 7.65. The predicted octanol–water partition coefficient (Wildman–Crippen LogP) is -0.239. The molecule has 2 rings (SSSR count). The van der Waals surface area contributed by atoms with Crippen molar-refractivity contribution in [3.8, 4) is 0 Å². The molecular weight excluding hydrogens is 206 g/mol. The standard InChI is InChI=1S/C11H17N3O2/c1-13-4-5-16-9(6-13)7-14-3-2-11(15)10(12)8-14/h2-3,8-9H,4-7,12H2,1H3. The molecule has 1 aliphatic rings. The van der Waals surface area contributed by atoms with Gasteiger partial charge >= 0.3 is 0 Å². The molecule has 0 bridgehead atoms. The van der Waals surface area contributed by atoms with Gasteiger partial charge in [-0.1, -0.05) is 0 Å². The molecule has 0 spiro atoms. The third kappa shape index (κ3) is 2.62. The Kier molecular flexibility index (Phi) is 3.26. The summed E-state index contributed by atoms with van der Waals surface area (Å²) in [6.07, 6.45) is 3.58. The number of morpholine rings is 1. The molecule has 1 unspecified atom stereocenters. The van der Waals surface area contributed by atoms with Crippen LogP contribution in [0, 0.1) is 0 Å². The van der Waals surface area contributed by atoms with Crippen LogP contribution in [-0.2, 0) is 11.3 Å². The largest absolute Gasteiger partial charge is 0.394 e. The lowest BCUT2D eigenvalue weighted by atomic mass is 10.2. The van der Waals surface area contributed by atoms with Crippen LogP contribution in [0.15, 0.2) is 23.3 Å². The summed E-state index contributed by atoms with van der Waals surface area (Å²) >= 11 is 0. The highest BCUT2D eigenvalue weighted by Gasteiger charge is 2.17. The lowest BCUT2D eigenvalue weighted by Crippen LogP contribution is -2.42. The molecular formula is C11H17N3O2. The SMILES string of the molecule is CN1CCOC(Cn2ccc(=O)c(N)c2)C1. The number of hydrogen-bond donors (Lipinski definition) is 1. The van der Waals surface area contributed by atoms with E-state index in [-0.39, 0.29) is 17.2 Å². The van der Waals surface area contributed by atoms with Crippen molar-refractivity contribution in [2.75, 3.05) is 32.5 Å². The number of aromatic nitrogens is 1. The number of anilines is 1. The second kappa shape index (κ2) is 4.67. The molecule has 0 aromatic carbocycles. The second-order valence-corrected chi connectivity index (χ2v) is 4.22. The van der Waals surface area contributed by atoms with Crippen molar-refractivity contribution in [3.05, 3.63) is 28.7 Å². The Bertz CT molecular complexity index is 416. The first kappa shape index (κ1) is 11.2. The number of likely N-dealkylation sites (N-methyl/N-ethyl adjacent to an activating group) is 1. The first-order valence-electron chi connectivity index (χ1n) is 5.41. The zero-order valence-electron chi connectivity index (χ0n) is 9.43. The summed E-state index contributed by atoms with van der Waals surface area (Å²) in [7, 11) is 2.08. The van der Waals surface area contributed by atoms with Gasteiger partial charge in [0.05, 0.1) is 18.4 Å². The Hall–Kier alpha value is -1.33. The van der Waals surface area contributed by atoms with Crippen LogP contribution in [-0.4, -0.2) is 42.3 Å². The molecule has 5 heteroatoms. The maximum absolute atomic E-state index is 11.1. The molecule has 0 saturated carbocycles. The van der Waals surface area contributed by atoms with E-state index in [4.69, 9.17) is 10.5 Å². The van der Waals surface area contributed by atoms with Crippen LogP contribution >= 0.6 is 0 Å². The molecule has 1 saturated heterocycles. The van der Waals surface area contributed by atoms with Crippen molar-refractivity contribution in [2.24, 2.45) is 0 Å². The summed E-state index contributed by atoms with van der Waals surface area (Å²) in [5.41, 5.74) is 5.73. The van der Waals surface area contributed by atoms with Crippen LogP contribution in [0.25, 0.3) is 0 Å². The minimum Gasteiger partial charge on any atom is -0.394 e. The number of nitrogen functional groups attached to an aromatic ring is 1. The van der Waals surface area contributed by atoms with Gasteiger partial charge in [0.1, 0.15) is 0 Å². The molecule has 5 nitrogen and oxygen atoms in total. The van der Waals surface area contributed by atoms with Gasteiger partial charge in [-0.2, -0.15) is 0 Å². The highest BCUT2D eigenvalue weighted by Crippen LogP contribution is 2.06. The highest BCUT2D eigenvalue weighted by atomic mass is 16.5. The third-order valence-electron chi connectivity index (χ3n) is 2.76. The van der Waals surface area contributed by atoms with Crippen molar-refractivity contribution in [1.82, 2.24) is 9.47 Å².